The first-order chi connectivity index (χ1) is 6.11. The third kappa shape index (κ3) is 2.82. The van der Waals surface area contributed by atoms with Crippen LogP contribution < -0.4 is 0 Å². The molecule has 1 aliphatic heterocycles. The molecule has 1 fully saturated rings. The van der Waals surface area contributed by atoms with Crippen LogP contribution >= 0.6 is 0 Å². The molecule has 2 atom stereocenters. The lowest BCUT2D eigenvalue weighted by Crippen LogP contribution is -2.41. The number of ether oxygens (including phenoxy) is 1. The van der Waals surface area contributed by atoms with Crippen LogP contribution in [0.15, 0.2) is 12.2 Å². The molecule has 1 heterocycles. The Bertz CT molecular complexity index is 212. The fraction of sp³-hybridized carbons (Fsp3) is 0.667. The summed E-state index contributed by atoms with van der Waals surface area (Å²) in [6.07, 6.45) is 0.0536. The summed E-state index contributed by atoms with van der Waals surface area (Å²) in [6.45, 7) is 8.08. The molecule has 13 heavy (non-hydrogen) atoms. The first kappa shape index (κ1) is 10.2. The second kappa shape index (κ2) is 4.39. The van der Waals surface area contributed by atoms with E-state index in [1.165, 1.54) is 0 Å². The normalized spacial score (nSPS) is 26.3. The van der Waals surface area contributed by atoms with Gasteiger partial charge < -0.3 is 4.74 Å². The summed E-state index contributed by atoms with van der Waals surface area (Å²) in [4.78, 5) is 20.0. The molecule has 0 aromatic carbocycles. The molecule has 1 aliphatic rings. The van der Waals surface area contributed by atoms with E-state index in [-0.39, 0.29) is 6.10 Å². The van der Waals surface area contributed by atoms with Gasteiger partial charge in [0.2, 0.25) is 0 Å². The number of carbonyl (C=O) groups excluding carboxylic acids is 1. The summed E-state index contributed by atoms with van der Waals surface area (Å²) in [5.41, 5.74) is 0.322. The number of carbonyl (C=O) groups is 1. The minimum absolute atomic E-state index is 0.0536. The van der Waals surface area contributed by atoms with Gasteiger partial charge in [0.15, 0.2) is 0 Å². The standard InChI is InChI=1S/C9H14O4/c1-6(2)9(10)13-12-5-8-7(3)4-11-8/h7-8H,1,4-5H2,2-3H3. The predicted octanol–water partition coefficient (Wildman–Crippen LogP) is 1.07. The molecule has 0 N–H and O–H groups in total. The lowest BCUT2D eigenvalue weighted by atomic mass is 10.0. The number of rotatable bonds is 4. The topological polar surface area (TPSA) is 44.8 Å². The van der Waals surface area contributed by atoms with Gasteiger partial charge in [-0.05, 0) is 6.92 Å². The van der Waals surface area contributed by atoms with Crippen LogP contribution in [-0.2, 0) is 19.3 Å². The highest BCUT2D eigenvalue weighted by atomic mass is 17.2. The summed E-state index contributed by atoms with van der Waals surface area (Å²) in [6, 6.07) is 0. The minimum Gasteiger partial charge on any atom is -0.375 e. The molecule has 4 heteroatoms. The van der Waals surface area contributed by atoms with Crippen molar-refractivity contribution >= 4 is 5.97 Å². The van der Waals surface area contributed by atoms with E-state index in [0.29, 0.717) is 18.1 Å². The SMILES string of the molecule is C=C(C)C(=O)OOCC1OCC1C. The summed E-state index contributed by atoms with van der Waals surface area (Å²) >= 11 is 0. The van der Waals surface area contributed by atoms with Crippen LogP contribution in [0.3, 0.4) is 0 Å². The first-order valence-corrected chi connectivity index (χ1v) is 4.22. The molecule has 0 aliphatic carbocycles. The second-order valence-corrected chi connectivity index (χ2v) is 3.28. The van der Waals surface area contributed by atoms with Crippen molar-refractivity contribution in [1.29, 1.82) is 0 Å². The Morgan fingerprint density at radius 1 is 1.69 bits per heavy atom. The minimum atomic E-state index is -0.535. The Hall–Kier alpha value is -0.870. The third-order valence-corrected chi connectivity index (χ3v) is 1.92. The van der Waals surface area contributed by atoms with Gasteiger partial charge in [-0.2, -0.15) is 4.89 Å². The van der Waals surface area contributed by atoms with Gasteiger partial charge in [0, 0.05) is 11.5 Å². The Morgan fingerprint density at radius 3 is 2.77 bits per heavy atom. The average molecular weight is 186 g/mol. The van der Waals surface area contributed by atoms with Crippen LogP contribution in [0.25, 0.3) is 0 Å². The Labute approximate surface area is 77.4 Å². The zero-order valence-corrected chi connectivity index (χ0v) is 7.91. The van der Waals surface area contributed by atoms with Crippen LogP contribution in [0, 0.1) is 5.92 Å². The molecule has 0 spiro atoms. The van der Waals surface area contributed by atoms with Crippen LogP contribution in [0.4, 0.5) is 0 Å². The molecule has 0 saturated carbocycles. The van der Waals surface area contributed by atoms with Gasteiger partial charge in [0.25, 0.3) is 0 Å². The molecule has 74 valence electrons. The Morgan fingerprint density at radius 2 is 2.38 bits per heavy atom. The highest BCUT2D eigenvalue weighted by Gasteiger charge is 2.28. The van der Waals surface area contributed by atoms with Crippen molar-refractivity contribution in [1.82, 2.24) is 0 Å². The monoisotopic (exact) mass is 186 g/mol. The lowest BCUT2D eigenvalue weighted by Gasteiger charge is -2.32. The average Bonchev–Trinajstić information content (AvgIpc) is 2.09. The summed E-state index contributed by atoms with van der Waals surface area (Å²) in [5, 5.41) is 0. The molecule has 0 amide bonds. The van der Waals surface area contributed by atoms with E-state index in [1.54, 1.807) is 6.92 Å². The molecule has 0 aromatic heterocycles. The van der Waals surface area contributed by atoms with Crippen molar-refractivity contribution in [2.24, 2.45) is 5.92 Å². The lowest BCUT2D eigenvalue weighted by molar-refractivity contribution is -0.295. The van der Waals surface area contributed by atoms with Gasteiger partial charge in [-0.1, -0.05) is 13.5 Å². The quantitative estimate of drug-likeness (QED) is 0.374. The van der Waals surface area contributed by atoms with Crippen molar-refractivity contribution in [3.63, 3.8) is 0 Å². The molecular formula is C9H14O4. The Kier molecular flexibility index (Phi) is 3.45. The fourth-order valence-corrected chi connectivity index (χ4v) is 0.863. The van der Waals surface area contributed by atoms with Crippen molar-refractivity contribution in [3.05, 3.63) is 12.2 Å². The molecule has 1 saturated heterocycles. The maximum Gasteiger partial charge on any atom is 0.368 e. The highest BCUT2D eigenvalue weighted by Crippen LogP contribution is 2.19. The van der Waals surface area contributed by atoms with Crippen molar-refractivity contribution in [3.8, 4) is 0 Å². The van der Waals surface area contributed by atoms with Gasteiger partial charge in [0.1, 0.15) is 6.61 Å². The zero-order valence-electron chi connectivity index (χ0n) is 7.91. The van der Waals surface area contributed by atoms with Crippen LogP contribution in [-0.4, -0.2) is 25.3 Å². The zero-order chi connectivity index (χ0) is 9.84. The number of hydrogen-bond donors (Lipinski definition) is 0. The van der Waals surface area contributed by atoms with Crippen LogP contribution in [0.5, 0.6) is 0 Å². The van der Waals surface area contributed by atoms with Gasteiger partial charge in [-0.15, -0.1) is 0 Å². The maximum atomic E-state index is 10.8. The van der Waals surface area contributed by atoms with Gasteiger partial charge >= 0.3 is 5.97 Å². The molecule has 4 nitrogen and oxygen atoms in total. The molecule has 0 bridgehead atoms. The van der Waals surface area contributed by atoms with E-state index in [9.17, 15) is 4.79 Å². The summed E-state index contributed by atoms with van der Waals surface area (Å²) in [5.74, 6) is -0.0597. The van der Waals surface area contributed by atoms with Gasteiger partial charge in [0.05, 0.1) is 12.7 Å². The second-order valence-electron chi connectivity index (χ2n) is 3.28. The van der Waals surface area contributed by atoms with Crippen LogP contribution in [0.1, 0.15) is 13.8 Å². The van der Waals surface area contributed by atoms with Gasteiger partial charge in [-0.3, -0.25) is 4.89 Å². The fourth-order valence-electron chi connectivity index (χ4n) is 0.863. The van der Waals surface area contributed by atoms with Gasteiger partial charge in [-0.25, -0.2) is 4.79 Å². The van der Waals surface area contributed by atoms with Crippen molar-refractivity contribution in [2.45, 2.75) is 20.0 Å². The summed E-state index contributed by atoms with van der Waals surface area (Å²) < 4.78 is 5.15. The van der Waals surface area contributed by atoms with E-state index >= 15 is 0 Å². The third-order valence-electron chi connectivity index (χ3n) is 1.92. The number of hydrogen-bond acceptors (Lipinski definition) is 4. The van der Waals surface area contributed by atoms with E-state index in [4.69, 9.17) is 9.62 Å². The largest absolute Gasteiger partial charge is 0.375 e. The van der Waals surface area contributed by atoms with Crippen molar-refractivity contribution < 1.29 is 19.3 Å². The molecule has 2 unspecified atom stereocenters. The molecular weight excluding hydrogens is 172 g/mol. The van der Waals surface area contributed by atoms with E-state index in [2.05, 4.69) is 18.4 Å². The highest BCUT2D eigenvalue weighted by molar-refractivity contribution is 5.86. The molecule has 1 rings (SSSR count). The van der Waals surface area contributed by atoms with E-state index in [1.807, 2.05) is 0 Å². The first-order valence-electron chi connectivity index (χ1n) is 4.22. The molecule has 0 radical (unpaired) electrons. The van der Waals surface area contributed by atoms with E-state index in [0.717, 1.165) is 6.61 Å². The summed E-state index contributed by atoms with van der Waals surface area (Å²) in [7, 11) is 0. The smallest absolute Gasteiger partial charge is 0.368 e. The van der Waals surface area contributed by atoms with Crippen LogP contribution in [0.2, 0.25) is 0 Å². The maximum absolute atomic E-state index is 10.8. The predicted molar refractivity (Wildman–Crippen MR) is 45.8 cm³/mol. The van der Waals surface area contributed by atoms with E-state index < -0.39 is 5.97 Å². The molecule has 0 aromatic rings. The Balaban J connectivity index is 2.07. The van der Waals surface area contributed by atoms with Crippen molar-refractivity contribution in [2.75, 3.05) is 13.2 Å².